The summed E-state index contributed by atoms with van der Waals surface area (Å²) in [4.78, 5) is 14.5. The molecule has 0 spiro atoms. The Bertz CT molecular complexity index is 525. The Morgan fingerprint density at radius 1 is 1.56 bits per heavy atom. The van der Waals surface area contributed by atoms with Crippen LogP contribution in [0.1, 0.15) is 19.3 Å². The Kier molecular flexibility index (Phi) is 3.63. The van der Waals surface area contributed by atoms with Gasteiger partial charge in [-0.2, -0.15) is 0 Å². The van der Waals surface area contributed by atoms with Gasteiger partial charge in [0.2, 0.25) is 10.0 Å². The Morgan fingerprint density at radius 2 is 2.28 bits per heavy atom. The van der Waals surface area contributed by atoms with Gasteiger partial charge < -0.3 is 5.11 Å². The van der Waals surface area contributed by atoms with E-state index in [9.17, 15) is 13.2 Å². The molecule has 0 aliphatic heterocycles. The van der Waals surface area contributed by atoms with E-state index in [1.165, 1.54) is 24.5 Å². The van der Waals surface area contributed by atoms with Crippen LogP contribution in [0.4, 0.5) is 0 Å². The van der Waals surface area contributed by atoms with Gasteiger partial charge in [-0.25, -0.2) is 13.1 Å². The van der Waals surface area contributed by atoms with Gasteiger partial charge in [0, 0.05) is 18.4 Å². The van der Waals surface area contributed by atoms with Crippen LogP contribution in [0.2, 0.25) is 0 Å². The first-order chi connectivity index (χ1) is 8.49. The van der Waals surface area contributed by atoms with Crippen LogP contribution in [-0.4, -0.2) is 30.5 Å². The average Bonchev–Trinajstić information content (AvgIpc) is 3.12. The zero-order valence-corrected chi connectivity index (χ0v) is 10.4. The second kappa shape index (κ2) is 5.03. The van der Waals surface area contributed by atoms with E-state index < -0.39 is 22.0 Å². The summed E-state index contributed by atoms with van der Waals surface area (Å²) in [5.41, 5.74) is 0. The number of aromatic nitrogens is 1. The molecule has 6 nitrogen and oxygen atoms in total. The lowest BCUT2D eigenvalue weighted by atomic mass is 10.1. The molecular formula is C11H14N2O4S. The summed E-state index contributed by atoms with van der Waals surface area (Å²) < 4.78 is 26.5. The van der Waals surface area contributed by atoms with Crippen LogP contribution < -0.4 is 4.72 Å². The number of pyridine rings is 1. The third kappa shape index (κ3) is 3.27. The lowest BCUT2D eigenvalue weighted by molar-refractivity contribution is -0.137. The number of rotatable bonds is 6. The van der Waals surface area contributed by atoms with E-state index >= 15 is 0 Å². The van der Waals surface area contributed by atoms with Crippen molar-refractivity contribution < 1.29 is 18.3 Å². The Morgan fingerprint density at radius 3 is 2.78 bits per heavy atom. The molecule has 98 valence electrons. The molecule has 2 N–H and O–H groups in total. The first kappa shape index (κ1) is 13.0. The summed E-state index contributed by atoms with van der Waals surface area (Å²) in [6.45, 7) is 0. The van der Waals surface area contributed by atoms with Crippen molar-refractivity contribution in [1.82, 2.24) is 9.71 Å². The minimum atomic E-state index is -3.69. The molecule has 1 unspecified atom stereocenters. The summed E-state index contributed by atoms with van der Waals surface area (Å²) in [5.74, 6) is -0.867. The third-order valence-corrected chi connectivity index (χ3v) is 4.31. The van der Waals surface area contributed by atoms with Crippen molar-refractivity contribution in [2.75, 3.05) is 0 Å². The van der Waals surface area contributed by atoms with E-state index in [-0.39, 0.29) is 17.2 Å². The molecule has 0 amide bonds. The number of carboxylic acid groups (broad SMARTS) is 1. The van der Waals surface area contributed by atoms with Crippen LogP contribution in [-0.2, 0) is 14.8 Å². The lowest BCUT2D eigenvalue weighted by Crippen LogP contribution is -2.38. The molecule has 18 heavy (non-hydrogen) atoms. The molecule has 1 aliphatic carbocycles. The molecule has 0 bridgehead atoms. The molecule has 0 radical (unpaired) electrons. The highest BCUT2D eigenvalue weighted by Crippen LogP contribution is 2.34. The molecule has 1 atom stereocenters. The summed E-state index contributed by atoms with van der Waals surface area (Å²) in [6, 6.07) is 2.42. The third-order valence-electron chi connectivity index (χ3n) is 2.84. The topological polar surface area (TPSA) is 96.4 Å². The molecule has 1 aromatic heterocycles. The van der Waals surface area contributed by atoms with E-state index in [2.05, 4.69) is 9.71 Å². The lowest BCUT2D eigenvalue weighted by Gasteiger charge is -2.16. The zero-order chi connectivity index (χ0) is 13.2. The van der Waals surface area contributed by atoms with Gasteiger partial charge in [-0.15, -0.1) is 0 Å². The van der Waals surface area contributed by atoms with E-state index in [1.54, 1.807) is 0 Å². The Balaban J connectivity index is 2.13. The number of hydrogen-bond donors (Lipinski definition) is 2. The molecule has 1 aliphatic rings. The van der Waals surface area contributed by atoms with Gasteiger partial charge in [0.1, 0.15) is 4.90 Å². The van der Waals surface area contributed by atoms with Gasteiger partial charge in [-0.3, -0.25) is 9.78 Å². The number of nitrogens with zero attached hydrogens (tertiary/aromatic N) is 1. The van der Waals surface area contributed by atoms with E-state index in [0.29, 0.717) is 0 Å². The van der Waals surface area contributed by atoms with Crippen LogP contribution in [0.25, 0.3) is 0 Å². The van der Waals surface area contributed by atoms with Crippen molar-refractivity contribution in [1.29, 1.82) is 0 Å². The van der Waals surface area contributed by atoms with Gasteiger partial charge in [-0.1, -0.05) is 0 Å². The molecule has 1 heterocycles. The van der Waals surface area contributed by atoms with Gasteiger partial charge in [0.05, 0.1) is 6.42 Å². The number of sulfonamides is 1. The fourth-order valence-electron chi connectivity index (χ4n) is 1.76. The predicted molar refractivity (Wildman–Crippen MR) is 63.3 cm³/mol. The smallest absolute Gasteiger partial charge is 0.304 e. The monoisotopic (exact) mass is 270 g/mol. The van der Waals surface area contributed by atoms with Crippen LogP contribution in [0, 0.1) is 5.92 Å². The number of nitrogens with one attached hydrogen (secondary N) is 1. The SMILES string of the molecule is O=C(O)CC(NS(=O)(=O)c1cccnc1)C1CC1. The predicted octanol–water partition coefficient (Wildman–Crippen LogP) is 0.613. The van der Waals surface area contributed by atoms with Crippen molar-refractivity contribution in [3.05, 3.63) is 24.5 Å². The number of carboxylic acids is 1. The maximum absolute atomic E-state index is 12.0. The second-order valence-corrected chi connectivity index (χ2v) is 6.07. The number of carbonyl (C=O) groups is 1. The van der Waals surface area contributed by atoms with E-state index in [1.807, 2.05) is 0 Å². The van der Waals surface area contributed by atoms with Crippen molar-refractivity contribution in [2.45, 2.75) is 30.2 Å². The van der Waals surface area contributed by atoms with Gasteiger partial charge in [0.25, 0.3) is 0 Å². The molecular weight excluding hydrogens is 256 g/mol. The maximum Gasteiger partial charge on any atom is 0.304 e. The first-order valence-electron chi connectivity index (χ1n) is 5.63. The molecule has 0 aromatic carbocycles. The Hall–Kier alpha value is -1.47. The van der Waals surface area contributed by atoms with Crippen molar-refractivity contribution in [3.8, 4) is 0 Å². The summed E-state index contributed by atoms with van der Waals surface area (Å²) in [6.07, 6.45) is 4.27. The van der Waals surface area contributed by atoms with E-state index in [0.717, 1.165) is 12.8 Å². The van der Waals surface area contributed by atoms with Crippen molar-refractivity contribution in [3.63, 3.8) is 0 Å². The maximum atomic E-state index is 12.0. The van der Waals surface area contributed by atoms with Crippen LogP contribution in [0.5, 0.6) is 0 Å². The van der Waals surface area contributed by atoms with Gasteiger partial charge in [-0.05, 0) is 30.9 Å². The quantitative estimate of drug-likeness (QED) is 0.789. The fraction of sp³-hybridized carbons (Fsp3) is 0.455. The normalized spacial score (nSPS) is 17.3. The largest absolute Gasteiger partial charge is 0.481 e. The second-order valence-electron chi connectivity index (χ2n) is 4.35. The fourth-order valence-corrected chi connectivity index (χ4v) is 3.03. The summed E-state index contributed by atoms with van der Waals surface area (Å²) in [5, 5.41) is 8.78. The van der Waals surface area contributed by atoms with Crippen molar-refractivity contribution >= 4 is 16.0 Å². The number of aliphatic carboxylic acids is 1. The average molecular weight is 270 g/mol. The molecule has 2 rings (SSSR count). The highest BCUT2D eigenvalue weighted by Gasteiger charge is 2.35. The van der Waals surface area contributed by atoms with Crippen LogP contribution in [0.3, 0.4) is 0 Å². The standard InChI is InChI=1S/C11H14N2O4S/c14-11(15)6-10(8-3-4-8)13-18(16,17)9-2-1-5-12-7-9/h1-2,5,7-8,10,13H,3-4,6H2,(H,14,15). The molecule has 0 saturated heterocycles. The minimum Gasteiger partial charge on any atom is -0.481 e. The van der Waals surface area contributed by atoms with Crippen molar-refractivity contribution in [2.24, 2.45) is 5.92 Å². The van der Waals surface area contributed by atoms with Gasteiger partial charge >= 0.3 is 5.97 Å². The van der Waals surface area contributed by atoms with Crippen LogP contribution in [0.15, 0.2) is 29.4 Å². The Labute approximate surface area is 105 Å². The first-order valence-corrected chi connectivity index (χ1v) is 7.11. The van der Waals surface area contributed by atoms with Gasteiger partial charge in [0.15, 0.2) is 0 Å². The molecule has 1 aromatic rings. The summed E-state index contributed by atoms with van der Waals surface area (Å²) in [7, 11) is -3.69. The highest BCUT2D eigenvalue weighted by atomic mass is 32.2. The summed E-state index contributed by atoms with van der Waals surface area (Å²) >= 11 is 0. The molecule has 1 fully saturated rings. The molecule has 7 heteroatoms. The number of hydrogen-bond acceptors (Lipinski definition) is 4. The van der Waals surface area contributed by atoms with Crippen LogP contribution >= 0.6 is 0 Å². The molecule has 1 saturated carbocycles. The van der Waals surface area contributed by atoms with E-state index in [4.69, 9.17) is 5.11 Å². The minimum absolute atomic E-state index is 0.0565. The highest BCUT2D eigenvalue weighted by molar-refractivity contribution is 7.89. The zero-order valence-electron chi connectivity index (χ0n) is 9.61.